The van der Waals surface area contributed by atoms with Gasteiger partial charge in [0.05, 0.1) is 24.0 Å². The second-order valence-corrected chi connectivity index (χ2v) is 5.09. The lowest BCUT2D eigenvalue weighted by molar-refractivity contribution is 0.634. The number of nitrogens with zero attached hydrogens (tertiary/aromatic N) is 3. The van der Waals surface area contributed by atoms with Crippen LogP contribution in [0.3, 0.4) is 0 Å². The second kappa shape index (κ2) is 6.06. The molecule has 0 saturated heterocycles. The van der Waals surface area contributed by atoms with Gasteiger partial charge >= 0.3 is 0 Å². The molecule has 1 atom stereocenters. The molecule has 3 aromatic rings. The van der Waals surface area contributed by atoms with E-state index in [-0.39, 0.29) is 6.04 Å². The molecule has 0 amide bonds. The molecule has 1 aromatic carbocycles. The van der Waals surface area contributed by atoms with E-state index in [4.69, 9.17) is 0 Å². The number of fused-ring (bicyclic) bond motifs is 1. The summed E-state index contributed by atoms with van der Waals surface area (Å²) in [6.45, 7) is 5.20. The molecule has 1 unspecified atom stereocenters. The number of nitrogens with one attached hydrogen (secondary N) is 1. The van der Waals surface area contributed by atoms with E-state index in [1.165, 1.54) is 11.1 Å². The van der Waals surface area contributed by atoms with Gasteiger partial charge in [-0.15, -0.1) is 0 Å². The van der Waals surface area contributed by atoms with Gasteiger partial charge < -0.3 is 5.32 Å². The Bertz CT molecular complexity index is 715. The van der Waals surface area contributed by atoms with Gasteiger partial charge in [0.25, 0.3) is 0 Å². The highest BCUT2D eigenvalue weighted by atomic mass is 15.2. The van der Waals surface area contributed by atoms with Crippen molar-refractivity contribution in [1.29, 1.82) is 0 Å². The molecule has 0 aliphatic heterocycles. The third-order valence-corrected chi connectivity index (χ3v) is 3.80. The molecule has 3 rings (SSSR count). The number of benzene rings is 1. The highest BCUT2D eigenvalue weighted by molar-refractivity contribution is 5.55. The molecule has 0 aliphatic rings. The highest BCUT2D eigenvalue weighted by Crippen LogP contribution is 2.25. The Hall–Kier alpha value is -2.20. The number of aryl methyl sites for hydroxylation is 1. The smallest absolute Gasteiger partial charge is 0.0896 e. The number of hydrogen-bond acceptors (Lipinski definition) is 3. The third-order valence-electron chi connectivity index (χ3n) is 3.80. The van der Waals surface area contributed by atoms with Crippen LogP contribution in [0, 0.1) is 0 Å². The summed E-state index contributed by atoms with van der Waals surface area (Å²) in [6.07, 6.45) is 8.49. The van der Waals surface area contributed by atoms with E-state index in [0.717, 1.165) is 24.0 Å². The van der Waals surface area contributed by atoms with Gasteiger partial charge in [0.15, 0.2) is 0 Å². The van der Waals surface area contributed by atoms with E-state index < -0.39 is 0 Å². The van der Waals surface area contributed by atoms with E-state index in [9.17, 15) is 0 Å². The first-order valence-electron chi connectivity index (χ1n) is 7.43. The predicted molar refractivity (Wildman–Crippen MR) is 84.3 cm³/mol. The summed E-state index contributed by atoms with van der Waals surface area (Å²) in [4.78, 5) is 4.22. The van der Waals surface area contributed by atoms with Crippen molar-refractivity contribution in [3.63, 3.8) is 0 Å². The molecule has 21 heavy (non-hydrogen) atoms. The molecule has 0 bridgehead atoms. The minimum atomic E-state index is 0.141. The maximum absolute atomic E-state index is 4.42. The van der Waals surface area contributed by atoms with Gasteiger partial charge in [0, 0.05) is 18.0 Å². The monoisotopic (exact) mass is 280 g/mol. The summed E-state index contributed by atoms with van der Waals surface area (Å²) in [5, 5.41) is 7.97. The zero-order chi connectivity index (χ0) is 14.7. The fourth-order valence-corrected chi connectivity index (χ4v) is 2.63. The van der Waals surface area contributed by atoms with Crippen molar-refractivity contribution in [2.24, 2.45) is 0 Å². The van der Waals surface area contributed by atoms with Gasteiger partial charge in [0.2, 0.25) is 0 Å². The van der Waals surface area contributed by atoms with Gasteiger partial charge in [-0.25, -0.2) is 4.52 Å². The van der Waals surface area contributed by atoms with E-state index in [0.29, 0.717) is 0 Å². The van der Waals surface area contributed by atoms with Crippen LogP contribution in [-0.4, -0.2) is 21.1 Å². The van der Waals surface area contributed by atoms with Gasteiger partial charge in [-0.05, 0) is 24.1 Å². The van der Waals surface area contributed by atoms with E-state index in [1.54, 1.807) is 6.20 Å². The Labute approximate surface area is 124 Å². The summed E-state index contributed by atoms with van der Waals surface area (Å²) in [6, 6.07) is 8.94. The lowest BCUT2D eigenvalue weighted by Crippen LogP contribution is -2.21. The Morgan fingerprint density at radius 1 is 1.14 bits per heavy atom. The molecule has 0 saturated carbocycles. The number of aromatic nitrogens is 3. The lowest BCUT2D eigenvalue weighted by atomic mass is 9.98. The largest absolute Gasteiger partial charge is 0.306 e. The van der Waals surface area contributed by atoms with Crippen molar-refractivity contribution in [2.75, 3.05) is 6.54 Å². The van der Waals surface area contributed by atoms with Crippen molar-refractivity contribution in [3.8, 4) is 0 Å². The zero-order valence-electron chi connectivity index (χ0n) is 12.5. The average Bonchev–Trinajstić information content (AvgIpc) is 2.97. The van der Waals surface area contributed by atoms with Crippen LogP contribution >= 0.6 is 0 Å². The van der Waals surface area contributed by atoms with Crippen LogP contribution in [0.1, 0.15) is 36.6 Å². The number of rotatable bonds is 5. The van der Waals surface area contributed by atoms with Crippen LogP contribution in [0.25, 0.3) is 5.52 Å². The van der Waals surface area contributed by atoms with E-state index >= 15 is 0 Å². The van der Waals surface area contributed by atoms with Gasteiger partial charge in [-0.3, -0.25) is 4.98 Å². The summed E-state index contributed by atoms with van der Waals surface area (Å²) >= 11 is 0. The van der Waals surface area contributed by atoms with Crippen molar-refractivity contribution in [1.82, 2.24) is 19.9 Å². The molecular weight excluding hydrogens is 260 g/mol. The molecule has 108 valence electrons. The molecule has 0 spiro atoms. The third kappa shape index (κ3) is 2.67. The molecule has 4 heteroatoms. The Morgan fingerprint density at radius 3 is 2.67 bits per heavy atom. The first-order valence-corrected chi connectivity index (χ1v) is 7.43. The van der Waals surface area contributed by atoms with Crippen molar-refractivity contribution in [2.45, 2.75) is 26.3 Å². The van der Waals surface area contributed by atoms with Crippen molar-refractivity contribution >= 4 is 5.52 Å². The summed E-state index contributed by atoms with van der Waals surface area (Å²) in [5.74, 6) is 0. The topological polar surface area (TPSA) is 42.2 Å². The maximum atomic E-state index is 4.42. The molecule has 2 heterocycles. The van der Waals surface area contributed by atoms with E-state index in [2.05, 4.69) is 53.5 Å². The molecule has 2 aromatic heterocycles. The lowest BCUT2D eigenvalue weighted by Gasteiger charge is -2.18. The standard InChI is InChI=1S/C17H20N4/c1-3-13-5-7-14(8-6-13)17(19-4-2)15-11-20-21-10-9-18-12-16(15)21/h5-12,17,19H,3-4H2,1-2H3. The van der Waals surface area contributed by atoms with E-state index in [1.807, 2.05) is 23.1 Å². The number of hydrogen-bond donors (Lipinski definition) is 1. The van der Waals surface area contributed by atoms with Gasteiger partial charge in [-0.2, -0.15) is 5.10 Å². The first-order chi connectivity index (χ1) is 10.3. The summed E-state index contributed by atoms with van der Waals surface area (Å²) < 4.78 is 1.87. The van der Waals surface area contributed by atoms with Crippen molar-refractivity contribution < 1.29 is 0 Å². The van der Waals surface area contributed by atoms with Crippen LogP contribution in [-0.2, 0) is 6.42 Å². The molecule has 0 fully saturated rings. The normalized spacial score (nSPS) is 12.7. The fraction of sp³-hybridized carbons (Fsp3) is 0.294. The van der Waals surface area contributed by atoms with Gasteiger partial charge in [0.1, 0.15) is 0 Å². The quantitative estimate of drug-likeness (QED) is 0.781. The predicted octanol–water partition coefficient (Wildman–Crippen LogP) is 2.99. The Balaban J connectivity index is 2.04. The Morgan fingerprint density at radius 2 is 1.95 bits per heavy atom. The van der Waals surface area contributed by atoms with Crippen molar-refractivity contribution in [3.05, 3.63) is 65.7 Å². The van der Waals surface area contributed by atoms with Crippen LogP contribution < -0.4 is 5.32 Å². The highest BCUT2D eigenvalue weighted by Gasteiger charge is 2.17. The minimum absolute atomic E-state index is 0.141. The average molecular weight is 280 g/mol. The van der Waals surface area contributed by atoms with Crippen LogP contribution in [0.4, 0.5) is 0 Å². The molecule has 1 N–H and O–H groups in total. The molecule has 0 aliphatic carbocycles. The SMILES string of the molecule is CCNC(c1ccc(CC)cc1)c1cnn2ccncc12. The second-order valence-electron chi connectivity index (χ2n) is 5.09. The Kier molecular flexibility index (Phi) is 3.97. The molecular formula is C17H20N4. The molecule has 4 nitrogen and oxygen atoms in total. The summed E-state index contributed by atoms with van der Waals surface area (Å²) in [5.41, 5.74) is 4.82. The first kappa shape index (κ1) is 13.8. The zero-order valence-corrected chi connectivity index (χ0v) is 12.5. The molecule has 0 radical (unpaired) electrons. The maximum Gasteiger partial charge on any atom is 0.0896 e. The summed E-state index contributed by atoms with van der Waals surface area (Å²) in [7, 11) is 0. The van der Waals surface area contributed by atoms with Crippen LogP contribution in [0.15, 0.2) is 49.1 Å². The minimum Gasteiger partial charge on any atom is -0.306 e. The van der Waals surface area contributed by atoms with Crippen LogP contribution in [0.5, 0.6) is 0 Å². The fourth-order valence-electron chi connectivity index (χ4n) is 2.63. The van der Waals surface area contributed by atoms with Crippen LogP contribution in [0.2, 0.25) is 0 Å². The van der Waals surface area contributed by atoms with Gasteiger partial charge in [-0.1, -0.05) is 38.1 Å².